The zero-order valence-corrected chi connectivity index (χ0v) is 12.0. The molecular formula is C18H24O. The van der Waals surface area contributed by atoms with Gasteiger partial charge in [-0.1, -0.05) is 55.8 Å². The van der Waals surface area contributed by atoms with Gasteiger partial charge in [-0.15, -0.1) is 0 Å². The number of benzene rings is 1. The molecule has 1 heteroatoms. The van der Waals surface area contributed by atoms with Gasteiger partial charge in [0.05, 0.1) is 5.60 Å². The first-order chi connectivity index (χ1) is 9.03. The number of aliphatic hydroxyl groups is 1. The summed E-state index contributed by atoms with van der Waals surface area (Å²) in [7, 11) is 0. The Bertz CT molecular complexity index is 490. The van der Waals surface area contributed by atoms with Crippen molar-refractivity contribution in [2.24, 2.45) is 11.3 Å². The Kier molecular flexibility index (Phi) is 3.05. The summed E-state index contributed by atoms with van der Waals surface area (Å²) in [5.74, 6) is 0.649. The van der Waals surface area contributed by atoms with Gasteiger partial charge in [-0.05, 0) is 49.0 Å². The molecule has 102 valence electrons. The minimum atomic E-state index is -0.467. The second-order valence-corrected chi connectivity index (χ2v) is 6.78. The van der Waals surface area contributed by atoms with Crippen LogP contribution in [0.2, 0.25) is 0 Å². The van der Waals surface area contributed by atoms with Crippen LogP contribution in [0.4, 0.5) is 0 Å². The summed E-state index contributed by atoms with van der Waals surface area (Å²) in [4.78, 5) is 0. The maximum Gasteiger partial charge on any atom is 0.0740 e. The van der Waals surface area contributed by atoms with Crippen LogP contribution in [-0.2, 0) is 0 Å². The van der Waals surface area contributed by atoms with E-state index in [1.807, 2.05) is 6.07 Å². The van der Waals surface area contributed by atoms with Crippen molar-refractivity contribution in [3.8, 4) is 0 Å². The number of hydrogen-bond donors (Lipinski definition) is 1. The molecule has 1 N–H and O–H groups in total. The SMILES string of the molecule is CC1CCC2(O)C/C(=C\c3ccccc3)CCC12C. The van der Waals surface area contributed by atoms with E-state index in [1.165, 1.54) is 17.6 Å². The first-order valence-electron chi connectivity index (χ1n) is 7.50. The van der Waals surface area contributed by atoms with E-state index in [-0.39, 0.29) is 5.41 Å². The molecule has 0 aliphatic heterocycles. The molecule has 0 aromatic heterocycles. The van der Waals surface area contributed by atoms with Crippen molar-refractivity contribution in [3.63, 3.8) is 0 Å². The van der Waals surface area contributed by atoms with Gasteiger partial charge in [0, 0.05) is 0 Å². The third kappa shape index (κ3) is 2.04. The Hall–Kier alpha value is -1.08. The quantitative estimate of drug-likeness (QED) is 0.788. The maximum absolute atomic E-state index is 11.0. The maximum atomic E-state index is 11.0. The minimum absolute atomic E-state index is 0.126. The van der Waals surface area contributed by atoms with E-state index in [0.29, 0.717) is 5.92 Å². The number of fused-ring (bicyclic) bond motifs is 1. The Balaban J connectivity index is 1.85. The third-order valence-corrected chi connectivity index (χ3v) is 5.80. The summed E-state index contributed by atoms with van der Waals surface area (Å²) < 4.78 is 0. The van der Waals surface area contributed by atoms with Crippen molar-refractivity contribution in [3.05, 3.63) is 41.5 Å². The monoisotopic (exact) mass is 256 g/mol. The van der Waals surface area contributed by atoms with E-state index in [1.54, 1.807) is 0 Å². The number of rotatable bonds is 1. The Morgan fingerprint density at radius 2 is 1.95 bits per heavy atom. The van der Waals surface area contributed by atoms with Crippen LogP contribution < -0.4 is 0 Å². The van der Waals surface area contributed by atoms with Crippen LogP contribution in [0.25, 0.3) is 6.08 Å². The second kappa shape index (κ2) is 4.49. The number of hydrogen-bond acceptors (Lipinski definition) is 1. The predicted octanol–water partition coefficient (Wildman–Crippen LogP) is 4.42. The van der Waals surface area contributed by atoms with Crippen molar-refractivity contribution in [2.45, 2.75) is 51.6 Å². The highest BCUT2D eigenvalue weighted by Crippen LogP contribution is 2.58. The van der Waals surface area contributed by atoms with Crippen LogP contribution in [0.1, 0.15) is 51.5 Å². The van der Waals surface area contributed by atoms with Crippen molar-refractivity contribution in [1.82, 2.24) is 0 Å². The largest absolute Gasteiger partial charge is 0.389 e. The molecule has 3 unspecified atom stereocenters. The summed E-state index contributed by atoms with van der Waals surface area (Å²) in [5.41, 5.74) is 2.34. The molecule has 19 heavy (non-hydrogen) atoms. The fourth-order valence-corrected chi connectivity index (χ4v) is 4.08. The lowest BCUT2D eigenvalue weighted by Crippen LogP contribution is -2.47. The molecule has 1 aromatic rings. The van der Waals surface area contributed by atoms with Gasteiger partial charge in [0.25, 0.3) is 0 Å². The van der Waals surface area contributed by atoms with E-state index in [2.05, 4.69) is 44.2 Å². The summed E-state index contributed by atoms with van der Waals surface area (Å²) in [6, 6.07) is 10.5. The fourth-order valence-electron chi connectivity index (χ4n) is 4.08. The van der Waals surface area contributed by atoms with Crippen molar-refractivity contribution in [2.75, 3.05) is 0 Å². The molecule has 0 radical (unpaired) electrons. The van der Waals surface area contributed by atoms with Gasteiger partial charge in [0.2, 0.25) is 0 Å². The predicted molar refractivity (Wildman–Crippen MR) is 79.7 cm³/mol. The smallest absolute Gasteiger partial charge is 0.0740 e. The first kappa shape index (κ1) is 12.9. The first-order valence-corrected chi connectivity index (χ1v) is 7.50. The molecule has 2 aliphatic carbocycles. The van der Waals surface area contributed by atoms with Crippen molar-refractivity contribution < 1.29 is 5.11 Å². The molecular weight excluding hydrogens is 232 g/mol. The molecule has 1 nitrogen and oxygen atoms in total. The van der Waals surface area contributed by atoms with Crippen LogP contribution in [0.15, 0.2) is 35.9 Å². The molecule has 0 saturated heterocycles. The molecule has 1 aromatic carbocycles. The van der Waals surface area contributed by atoms with E-state index in [4.69, 9.17) is 0 Å². The molecule has 0 spiro atoms. The molecule has 2 saturated carbocycles. The van der Waals surface area contributed by atoms with Gasteiger partial charge in [-0.3, -0.25) is 0 Å². The van der Waals surface area contributed by atoms with Gasteiger partial charge in [0.15, 0.2) is 0 Å². The molecule has 0 amide bonds. The van der Waals surface area contributed by atoms with Crippen LogP contribution >= 0.6 is 0 Å². The fraction of sp³-hybridized carbons (Fsp3) is 0.556. The average Bonchev–Trinajstić information content (AvgIpc) is 2.64. The van der Waals surface area contributed by atoms with Crippen LogP contribution in [0.3, 0.4) is 0 Å². The van der Waals surface area contributed by atoms with Crippen LogP contribution in [-0.4, -0.2) is 10.7 Å². The Labute approximate surface area is 116 Å². The molecule has 2 fully saturated rings. The molecule has 0 bridgehead atoms. The van der Waals surface area contributed by atoms with E-state index >= 15 is 0 Å². The van der Waals surface area contributed by atoms with Crippen LogP contribution in [0.5, 0.6) is 0 Å². The van der Waals surface area contributed by atoms with Crippen molar-refractivity contribution >= 4 is 6.08 Å². The summed E-state index contributed by atoms with van der Waals surface area (Å²) in [5, 5.41) is 11.0. The molecule has 3 rings (SSSR count). The lowest BCUT2D eigenvalue weighted by atomic mass is 9.62. The topological polar surface area (TPSA) is 20.2 Å². The van der Waals surface area contributed by atoms with Gasteiger partial charge < -0.3 is 5.11 Å². The van der Waals surface area contributed by atoms with Gasteiger partial charge >= 0.3 is 0 Å². The third-order valence-electron chi connectivity index (χ3n) is 5.80. The highest BCUT2D eigenvalue weighted by atomic mass is 16.3. The van der Waals surface area contributed by atoms with Gasteiger partial charge in [0.1, 0.15) is 0 Å². The molecule has 3 atom stereocenters. The zero-order chi connectivity index (χ0) is 13.5. The lowest BCUT2D eigenvalue weighted by molar-refractivity contribution is -0.0820. The average molecular weight is 256 g/mol. The van der Waals surface area contributed by atoms with E-state index < -0.39 is 5.60 Å². The minimum Gasteiger partial charge on any atom is -0.389 e. The Morgan fingerprint density at radius 3 is 2.68 bits per heavy atom. The highest BCUT2D eigenvalue weighted by Gasteiger charge is 2.56. The van der Waals surface area contributed by atoms with Gasteiger partial charge in [-0.25, -0.2) is 0 Å². The Morgan fingerprint density at radius 1 is 1.21 bits per heavy atom. The standard InChI is InChI=1S/C18H24O/c1-14-8-11-18(19)13-16(9-10-17(14,18)2)12-15-6-4-3-5-7-15/h3-7,12,14,19H,8-11,13H2,1-2H3/b16-12-. The summed E-state index contributed by atoms with van der Waals surface area (Å²) in [6.07, 6.45) is 7.55. The highest BCUT2D eigenvalue weighted by molar-refractivity contribution is 5.53. The normalized spacial score (nSPS) is 40.4. The lowest BCUT2D eigenvalue weighted by Gasteiger charge is -2.47. The van der Waals surface area contributed by atoms with Crippen molar-refractivity contribution in [1.29, 1.82) is 0 Å². The second-order valence-electron chi connectivity index (χ2n) is 6.78. The van der Waals surface area contributed by atoms with Crippen LogP contribution in [0, 0.1) is 11.3 Å². The van der Waals surface area contributed by atoms with E-state index in [0.717, 1.165) is 25.7 Å². The summed E-state index contributed by atoms with van der Waals surface area (Å²) in [6.45, 7) is 4.60. The van der Waals surface area contributed by atoms with Gasteiger partial charge in [-0.2, -0.15) is 0 Å². The molecule has 2 aliphatic rings. The zero-order valence-electron chi connectivity index (χ0n) is 12.0. The summed E-state index contributed by atoms with van der Waals surface area (Å²) >= 11 is 0. The molecule has 0 heterocycles. The van der Waals surface area contributed by atoms with E-state index in [9.17, 15) is 5.11 Å².